The predicted molar refractivity (Wildman–Crippen MR) is 152 cm³/mol. The zero-order chi connectivity index (χ0) is 25.9. The second-order valence-corrected chi connectivity index (χ2v) is 10.7. The molecular weight excluding hydrogens is 446 g/mol. The highest BCUT2D eigenvalue weighted by atomic mass is 16.2. The number of nitrogens with one attached hydrogen (secondary N) is 3. The van der Waals surface area contributed by atoms with Crippen LogP contribution in [-0.4, -0.2) is 37.2 Å². The SMILES string of the molecule is C=C(C)c1cccc(C(C)(C)NC(=O)NC2CCC(Nc3cc(N(C)C)c4ccccc4n3)CC2)c1. The number of pyridine rings is 1. The van der Waals surface area contributed by atoms with Crippen molar-refractivity contribution in [3.8, 4) is 0 Å². The summed E-state index contributed by atoms with van der Waals surface area (Å²) < 4.78 is 0. The first kappa shape index (κ1) is 25.5. The fraction of sp³-hybridized carbons (Fsp3) is 0.400. The van der Waals surface area contributed by atoms with E-state index in [9.17, 15) is 4.79 Å². The maximum atomic E-state index is 12.8. The lowest BCUT2D eigenvalue weighted by molar-refractivity contribution is 0.221. The summed E-state index contributed by atoms with van der Waals surface area (Å²) in [5.74, 6) is 0.908. The molecule has 2 amide bonds. The van der Waals surface area contributed by atoms with E-state index in [1.807, 2.05) is 45.0 Å². The molecule has 3 aromatic rings. The summed E-state index contributed by atoms with van der Waals surface area (Å²) in [7, 11) is 4.12. The molecular formula is C30H39N5O. The minimum atomic E-state index is -0.486. The second-order valence-electron chi connectivity index (χ2n) is 10.7. The van der Waals surface area contributed by atoms with Crippen LogP contribution in [0, 0.1) is 0 Å². The first-order valence-corrected chi connectivity index (χ1v) is 12.8. The summed E-state index contributed by atoms with van der Waals surface area (Å²) in [6.45, 7) is 10.1. The van der Waals surface area contributed by atoms with Gasteiger partial charge in [-0.2, -0.15) is 0 Å². The average Bonchev–Trinajstić information content (AvgIpc) is 2.84. The number of carbonyl (C=O) groups excluding carboxylic acids is 1. The molecule has 1 fully saturated rings. The van der Waals surface area contributed by atoms with Crippen LogP contribution < -0.4 is 20.9 Å². The Balaban J connectivity index is 1.32. The first-order chi connectivity index (χ1) is 17.1. The normalized spacial score (nSPS) is 17.9. The zero-order valence-electron chi connectivity index (χ0n) is 22.2. The van der Waals surface area contributed by atoms with Crippen molar-refractivity contribution >= 4 is 34.0 Å². The summed E-state index contributed by atoms with van der Waals surface area (Å²) in [6, 6.07) is 19.0. The lowest BCUT2D eigenvalue weighted by Crippen LogP contribution is -2.50. The number of allylic oxidation sites excluding steroid dienone is 1. The number of aromatic nitrogens is 1. The Morgan fingerprint density at radius 2 is 1.69 bits per heavy atom. The number of para-hydroxylation sites is 1. The lowest BCUT2D eigenvalue weighted by Gasteiger charge is -2.32. The molecule has 0 atom stereocenters. The molecule has 0 spiro atoms. The third-order valence-corrected chi connectivity index (χ3v) is 7.09. The van der Waals surface area contributed by atoms with Gasteiger partial charge in [0.15, 0.2) is 0 Å². The number of nitrogens with zero attached hydrogens (tertiary/aromatic N) is 2. The molecule has 0 bridgehead atoms. The van der Waals surface area contributed by atoms with Gasteiger partial charge in [0.1, 0.15) is 5.82 Å². The molecule has 190 valence electrons. The molecule has 1 heterocycles. The molecule has 6 nitrogen and oxygen atoms in total. The summed E-state index contributed by atoms with van der Waals surface area (Å²) in [6.07, 6.45) is 3.84. The molecule has 2 aromatic carbocycles. The van der Waals surface area contributed by atoms with E-state index >= 15 is 0 Å². The van der Waals surface area contributed by atoms with E-state index < -0.39 is 5.54 Å². The molecule has 3 N–H and O–H groups in total. The van der Waals surface area contributed by atoms with Crippen LogP contribution in [0.3, 0.4) is 0 Å². The Kier molecular flexibility index (Phi) is 7.53. The lowest BCUT2D eigenvalue weighted by atomic mass is 9.90. The topological polar surface area (TPSA) is 69.3 Å². The fourth-order valence-corrected chi connectivity index (χ4v) is 4.94. The molecule has 1 saturated carbocycles. The van der Waals surface area contributed by atoms with Crippen LogP contribution in [0.1, 0.15) is 57.6 Å². The molecule has 36 heavy (non-hydrogen) atoms. The number of urea groups is 1. The van der Waals surface area contributed by atoms with Gasteiger partial charge in [0.05, 0.1) is 11.1 Å². The molecule has 1 aromatic heterocycles. The molecule has 1 aliphatic carbocycles. The van der Waals surface area contributed by atoms with Crippen molar-refractivity contribution in [3.63, 3.8) is 0 Å². The third-order valence-electron chi connectivity index (χ3n) is 7.09. The zero-order valence-corrected chi connectivity index (χ0v) is 22.2. The standard InChI is InChI=1S/C30H39N5O/c1-20(2)21-10-9-11-22(18-21)30(3,4)34-29(36)32-24-16-14-23(15-17-24)31-28-19-27(35(5)6)25-12-7-8-13-26(25)33-28/h7-13,18-19,23-24H,1,14-17H2,2-6H3,(H,31,33)(H2,32,34,36). The Hall–Kier alpha value is -3.54. The Morgan fingerprint density at radius 3 is 2.39 bits per heavy atom. The number of fused-ring (bicyclic) bond motifs is 1. The summed E-state index contributed by atoms with van der Waals surface area (Å²) >= 11 is 0. The maximum Gasteiger partial charge on any atom is 0.315 e. The van der Waals surface area contributed by atoms with E-state index in [4.69, 9.17) is 4.98 Å². The molecule has 0 unspecified atom stereocenters. The molecule has 0 saturated heterocycles. The highest BCUT2D eigenvalue weighted by Crippen LogP contribution is 2.29. The monoisotopic (exact) mass is 485 g/mol. The van der Waals surface area contributed by atoms with Gasteiger partial charge in [-0.3, -0.25) is 0 Å². The highest BCUT2D eigenvalue weighted by molar-refractivity contribution is 5.93. The van der Waals surface area contributed by atoms with E-state index in [-0.39, 0.29) is 12.1 Å². The smallest absolute Gasteiger partial charge is 0.315 e. The minimum absolute atomic E-state index is 0.121. The van der Waals surface area contributed by atoms with Crippen molar-refractivity contribution < 1.29 is 4.79 Å². The van der Waals surface area contributed by atoms with Gasteiger partial charge in [0.25, 0.3) is 0 Å². The Bertz CT molecular complexity index is 1240. The number of benzene rings is 2. The Labute approximate surface area is 215 Å². The van der Waals surface area contributed by atoms with Crippen LogP contribution in [0.2, 0.25) is 0 Å². The number of anilines is 2. The first-order valence-electron chi connectivity index (χ1n) is 12.8. The second kappa shape index (κ2) is 10.6. The minimum Gasteiger partial charge on any atom is -0.377 e. The third kappa shape index (κ3) is 5.99. The molecule has 1 aliphatic rings. The maximum absolute atomic E-state index is 12.8. The van der Waals surface area contributed by atoms with Gasteiger partial charge in [-0.05, 0) is 69.7 Å². The van der Waals surface area contributed by atoms with Gasteiger partial charge in [-0.1, -0.05) is 48.6 Å². The highest BCUT2D eigenvalue weighted by Gasteiger charge is 2.27. The summed E-state index contributed by atoms with van der Waals surface area (Å²) in [4.78, 5) is 19.8. The van der Waals surface area contributed by atoms with E-state index in [1.54, 1.807) is 0 Å². The van der Waals surface area contributed by atoms with Crippen molar-refractivity contribution in [2.75, 3.05) is 24.3 Å². The molecule has 4 rings (SSSR count). The quantitative estimate of drug-likeness (QED) is 0.368. The van der Waals surface area contributed by atoms with E-state index in [0.29, 0.717) is 6.04 Å². The van der Waals surface area contributed by atoms with Gasteiger partial charge in [0.2, 0.25) is 0 Å². The van der Waals surface area contributed by atoms with Gasteiger partial charge in [-0.15, -0.1) is 0 Å². The molecule has 0 radical (unpaired) electrons. The van der Waals surface area contributed by atoms with E-state index in [0.717, 1.165) is 64.8 Å². The predicted octanol–water partition coefficient (Wildman–Crippen LogP) is 6.29. The van der Waals surface area contributed by atoms with Crippen molar-refractivity contribution in [1.82, 2.24) is 15.6 Å². The van der Waals surface area contributed by atoms with Crippen LogP contribution in [0.4, 0.5) is 16.3 Å². The van der Waals surface area contributed by atoms with Crippen molar-refractivity contribution in [3.05, 3.63) is 72.3 Å². The number of amides is 2. The fourth-order valence-electron chi connectivity index (χ4n) is 4.94. The van der Waals surface area contributed by atoms with Gasteiger partial charge >= 0.3 is 6.03 Å². The molecule has 6 heteroatoms. The van der Waals surface area contributed by atoms with Crippen LogP contribution in [0.25, 0.3) is 16.5 Å². The van der Waals surface area contributed by atoms with Gasteiger partial charge in [-0.25, -0.2) is 9.78 Å². The van der Waals surface area contributed by atoms with Crippen LogP contribution in [0.15, 0.2) is 61.2 Å². The van der Waals surface area contributed by atoms with Gasteiger partial charge < -0.3 is 20.9 Å². The van der Waals surface area contributed by atoms with Crippen LogP contribution in [0.5, 0.6) is 0 Å². The van der Waals surface area contributed by atoms with Crippen molar-refractivity contribution in [1.29, 1.82) is 0 Å². The average molecular weight is 486 g/mol. The Morgan fingerprint density at radius 1 is 1.00 bits per heavy atom. The number of carbonyl (C=O) groups is 1. The number of rotatable bonds is 7. The number of hydrogen-bond acceptors (Lipinski definition) is 4. The summed E-state index contributed by atoms with van der Waals surface area (Å²) in [5.41, 5.74) is 4.83. The summed E-state index contributed by atoms with van der Waals surface area (Å²) in [5, 5.41) is 11.2. The van der Waals surface area contributed by atoms with E-state index in [2.05, 4.69) is 71.9 Å². The van der Waals surface area contributed by atoms with E-state index in [1.165, 1.54) is 0 Å². The van der Waals surface area contributed by atoms with Crippen LogP contribution >= 0.6 is 0 Å². The largest absolute Gasteiger partial charge is 0.377 e. The van der Waals surface area contributed by atoms with Crippen molar-refractivity contribution in [2.45, 2.75) is 64.1 Å². The molecule has 0 aliphatic heterocycles. The van der Waals surface area contributed by atoms with Crippen molar-refractivity contribution in [2.24, 2.45) is 0 Å². The van der Waals surface area contributed by atoms with Crippen LogP contribution in [-0.2, 0) is 5.54 Å². The van der Waals surface area contributed by atoms with Gasteiger partial charge in [0, 0.05) is 43.3 Å². The number of hydrogen-bond donors (Lipinski definition) is 3.